The monoisotopic (exact) mass is 159 g/mol. The van der Waals surface area contributed by atoms with Crippen LogP contribution < -0.4 is 4.16 Å². The van der Waals surface area contributed by atoms with Gasteiger partial charge in [-0.05, 0) is 0 Å². The van der Waals surface area contributed by atoms with E-state index >= 15 is 0 Å². The summed E-state index contributed by atoms with van der Waals surface area (Å²) in [5.41, 5.74) is 0. The van der Waals surface area contributed by atoms with Crippen molar-refractivity contribution in [2.75, 3.05) is 0 Å². The van der Waals surface area contributed by atoms with Gasteiger partial charge >= 0.3 is 56.9 Å². The van der Waals surface area contributed by atoms with Crippen LogP contribution in [0.25, 0.3) is 0 Å². The van der Waals surface area contributed by atoms with E-state index in [1.807, 2.05) is 6.07 Å². The van der Waals surface area contributed by atoms with E-state index in [0.29, 0.717) is 0 Å². The van der Waals surface area contributed by atoms with Gasteiger partial charge in [-0.1, -0.05) is 0 Å². The van der Waals surface area contributed by atoms with E-state index in [1.54, 1.807) is 12.1 Å². The van der Waals surface area contributed by atoms with Crippen molar-refractivity contribution in [2.45, 2.75) is 0 Å². The van der Waals surface area contributed by atoms with Crippen LogP contribution in [0.4, 0.5) is 4.39 Å². The average Bonchev–Trinajstić information content (AvgIpc) is 1.77. The van der Waals surface area contributed by atoms with Gasteiger partial charge in [0.05, 0.1) is 0 Å². The average molecular weight is 160 g/mol. The van der Waals surface area contributed by atoms with Crippen LogP contribution in [0.3, 0.4) is 0 Å². The predicted octanol–water partition coefficient (Wildman–Crippen LogP) is 0.998. The Hall–Kier alpha value is -0.227. The van der Waals surface area contributed by atoms with E-state index in [4.69, 9.17) is 0 Å². The fourth-order valence-corrected chi connectivity index (χ4v) is 1.03. The van der Waals surface area contributed by atoms with Crippen LogP contribution in [0.5, 0.6) is 0 Å². The molecule has 8 heavy (non-hydrogen) atoms. The molecule has 0 saturated heterocycles. The summed E-state index contributed by atoms with van der Waals surface area (Å²) >= 11 is 0.896. The molecule has 0 radical (unpaired) electrons. The molecule has 0 atom stereocenters. The van der Waals surface area contributed by atoms with Crippen LogP contribution in [-0.4, -0.2) is 0 Å². The molecule has 0 aromatic heterocycles. The molecule has 0 spiro atoms. The standard InChI is InChI=1S/C6H4F.Zn/c7-6-4-2-1-3-5-6;/h1-4H;. The maximum absolute atomic E-state index is 12.3. The van der Waals surface area contributed by atoms with Gasteiger partial charge < -0.3 is 0 Å². The van der Waals surface area contributed by atoms with Gasteiger partial charge in [0, 0.05) is 0 Å². The maximum atomic E-state index is 12.3. The molecule has 1 aromatic rings. The van der Waals surface area contributed by atoms with E-state index in [0.717, 1.165) is 22.5 Å². The third-order valence-electron chi connectivity index (χ3n) is 0.958. The molecule has 0 nitrogen and oxygen atoms in total. The van der Waals surface area contributed by atoms with Crippen LogP contribution in [0.2, 0.25) is 0 Å². The summed E-state index contributed by atoms with van der Waals surface area (Å²) in [6, 6.07) is 6.84. The van der Waals surface area contributed by atoms with Gasteiger partial charge in [-0.2, -0.15) is 0 Å². The molecule has 2 heteroatoms. The zero-order valence-electron chi connectivity index (χ0n) is 4.39. The van der Waals surface area contributed by atoms with Crippen LogP contribution in [0.1, 0.15) is 0 Å². The summed E-state index contributed by atoms with van der Waals surface area (Å²) in [4.78, 5) is 0. The van der Waals surface area contributed by atoms with Crippen molar-refractivity contribution in [1.82, 2.24) is 0 Å². The second-order valence-corrected chi connectivity index (χ2v) is 3.19. The molecule has 0 fully saturated rings. The van der Waals surface area contributed by atoms with Crippen molar-refractivity contribution >= 4 is 4.16 Å². The van der Waals surface area contributed by atoms with E-state index in [9.17, 15) is 4.39 Å². The zero-order chi connectivity index (χ0) is 5.98. The van der Waals surface area contributed by atoms with Gasteiger partial charge in [0.25, 0.3) is 0 Å². The summed E-state index contributed by atoms with van der Waals surface area (Å²) in [6.07, 6.45) is 0. The number of halogens is 1. The first-order valence-corrected chi connectivity index (χ1v) is 3.85. The van der Waals surface area contributed by atoms with Crippen molar-refractivity contribution in [2.24, 2.45) is 0 Å². The number of benzene rings is 1. The first-order valence-electron chi connectivity index (χ1n) is 2.37. The van der Waals surface area contributed by atoms with Gasteiger partial charge in [0.1, 0.15) is 0 Å². The van der Waals surface area contributed by atoms with E-state index < -0.39 is 0 Å². The Morgan fingerprint density at radius 1 is 1.25 bits per heavy atom. The molecule has 0 heterocycles. The minimum absolute atomic E-state index is 0.0764. The Kier molecular flexibility index (Phi) is 1.74. The number of rotatable bonds is 0. The summed E-state index contributed by atoms with van der Waals surface area (Å²) < 4.78 is 13.2. The number of hydrogen-bond acceptors (Lipinski definition) is 0. The van der Waals surface area contributed by atoms with Crippen molar-refractivity contribution in [3.63, 3.8) is 0 Å². The predicted molar refractivity (Wildman–Crippen MR) is 26.0 cm³/mol. The van der Waals surface area contributed by atoms with Crippen molar-refractivity contribution < 1.29 is 22.7 Å². The second kappa shape index (κ2) is 2.36. The van der Waals surface area contributed by atoms with Crippen molar-refractivity contribution in [3.8, 4) is 0 Å². The molecule has 0 aliphatic heterocycles. The molecule has 1 aromatic carbocycles. The van der Waals surface area contributed by atoms with E-state index in [2.05, 4.69) is 0 Å². The van der Waals surface area contributed by atoms with Crippen LogP contribution in [0, 0.1) is 5.82 Å². The van der Waals surface area contributed by atoms with Gasteiger partial charge in [0.15, 0.2) is 0 Å². The molecule has 0 N–H and O–H groups in total. The number of hydrogen-bond donors (Lipinski definition) is 0. The molecule has 0 bridgehead atoms. The first-order chi connectivity index (χ1) is 3.80. The van der Waals surface area contributed by atoms with Crippen molar-refractivity contribution in [1.29, 1.82) is 0 Å². The Balaban J connectivity index is 3.13. The summed E-state index contributed by atoms with van der Waals surface area (Å²) in [5.74, 6) is -0.0764. The molecule has 0 unspecified atom stereocenters. The quantitative estimate of drug-likeness (QED) is 0.497. The fraction of sp³-hybridized carbons (Fsp3) is 0. The van der Waals surface area contributed by atoms with Gasteiger partial charge in [-0.15, -0.1) is 0 Å². The van der Waals surface area contributed by atoms with Crippen molar-refractivity contribution in [3.05, 3.63) is 30.1 Å². The molecule has 0 aliphatic rings. The Labute approximate surface area is 57.4 Å². The summed E-state index contributed by atoms with van der Waals surface area (Å²) in [7, 11) is 0. The summed E-state index contributed by atoms with van der Waals surface area (Å²) in [5, 5.41) is 0. The second-order valence-electron chi connectivity index (χ2n) is 1.59. The molecule has 0 aliphatic carbocycles. The molecule has 1 rings (SSSR count). The van der Waals surface area contributed by atoms with Crippen LogP contribution >= 0.6 is 0 Å². The summed E-state index contributed by atoms with van der Waals surface area (Å²) in [6.45, 7) is 0. The minimum atomic E-state index is -0.0764. The molecular weight excluding hydrogens is 156 g/mol. The Morgan fingerprint density at radius 3 is 2.25 bits per heavy atom. The SMILES string of the molecule is Fc1cccc[c]1[Zn]. The molecule has 37 valence electrons. The molecule has 0 amide bonds. The van der Waals surface area contributed by atoms with Gasteiger partial charge in [-0.25, -0.2) is 0 Å². The van der Waals surface area contributed by atoms with E-state index in [1.165, 1.54) is 6.07 Å². The van der Waals surface area contributed by atoms with Gasteiger partial charge in [-0.3, -0.25) is 0 Å². The zero-order valence-corrected chi connectivity index (χ0v) is 7.36. The third-order valence-corrected chi connectivity index (χ3v) is 2.16. The normalized spacial score (nSPS) is 9.38. The third kappa shape index (κ3) is 1.13. The van der Waals surface area contributed by atoms with Crippen LogP contribution in [0.15, 0.2) is 24.3 Å². The van der Waals surface area contributed by atoms with Crippen LogP contribution in [-0.2, 0) is 18.3 Å². The first kappa shape index (κ1) is 5.90. The topological polar surface area (TPSA) is 0 Å². The molecule has 0 saturated carbocycles. The van der Waals surface area contributed by atoms with E-state index in [-0.39, 0.29) is 5.82 Å². The molecular formula is C6H4FZn. The Bertz CT molecular complexity index is 165. The fourth-order valence-electron chi connectivity index (χ4n) is 0.498. The van der Waals surface area contributed by atoms with Gasteiger partial charge in [0.2, 0.25) is 0 Å². The Morgan fingerprint density at radius 2 is 1.88 bits per heavy atom.